The van der Waals surface area contributed by atoms with E-state index in [1.807, 2.05) is 48.7 Å². The van der Waals surface area contributed by atoms with Crippen LogP contribution in [-0.4, -0.2) is 25.7 Å². The van der Waals surface area contributed by atoms with Crippen LogP contribution in [0.5, 0.6) is 0 Å². The molecule has 1 aliphatic heterocycles. The molecule has 2 amide bonds. The van der Waals surface area contributed by atoms with Gasteiger partial charge in [-0.1, -0.05) is 84.0 Å². The summed E-state index contributed by atoms with van der Waals surface area (Å²) in [5.74, 6) is -0.877. The van der Waals surface area contributed by atoms with Gasteiger partial charge in [0.1, 0.15) is 0 Å². The van der Waals surface area contributed by atoms with Crippen molar-refractivity contribution in [2.45, 2.75) is 6.54 Å². The number of nitrogens with one attached hydrogen (secondary N) is 1. The van der Waals surface area contributed by atoms with Crippen molar-refractivity contribution in [1.29, 1.82) is 0 Å². The monoisotopic (exact) mass is 503 g/mol. The van der Waals surface area contributed by atoms with Crippen molar-refractivity contribution < 1.29 is 9.59 Å². The second-order valence-electron chi connectivity index (χ2n) is 7.65. The van der Waals surface area contributed by atoms with Crippen molar-refractivity contribution in [2.24, 2.45) is 0 Å². The zero-order chi connectivity index (χ0) is 23.7. The van der Waals surface area contributed by atoms with Crippen LogP contribution < -0.4 is 5.43 Å². The lowest BCUT2D eigenvalue weighted by Gasteiger charge is -2.16. The number of fused-ring (bicyclic) bond motifs is 1. The molecule has 1 fully saturated rings. The number of thioether (sulfide) groups is 1. The Morgan fingerprint density at radius 3 is 2.50 bits per heavy atom. The first-order valence-electron chi connectivity index (χ1n) is 10.5. The normalized spacial score (nSPS) is 14.9. The molecule has 0 saturated carbocycles. The molecular formula is C26H18ClN3O2S2. The van der Waals surface area contributed by atoms with Gasteiger partial charge in [0, 0.05) is 29.2 Å². The zero-order valence-electron chi connectivity index (χ0n) is 17.8. The third-order valence-corrected chi connectivity index (χ3v) is 7.06. The number of thiocarbonyl (C=S) groups is 1. The second kappa shape index (κ2) is 9.46. The molecule has 2 heterocycles. The van der Waals surface area contributed by atoms with Crippen LogP contribution in [0.2, 0.25) is 5.02 Å². The molecule has 1 aliphatic rings. The van der Waals surface area contributed by atoms with Gasteiger partial charge in [-0.05, 0) is 42.1 Å². The van der Waals surface area contributed by atoms with E-state index in [0.717, 1.165) is 33.2 Å². The molecule has 5 rings (SSSR count). The van der Waals surface area contributed by atoms with E-state index in [1.165, 1.54) is 5.56 Å². The minimum atomic E-state index is -0.498. The minimum Gasteiger partial charge on any atom is -0.342 e. The molecule has 5 nitrogen and oxygen atoms in total. The molecule has 1 aromatic heterocycles. The average molecular weight is 504 g/mol. The van der Waals surface area contributed by atoms with E-state index in [9.17, 15) is 9.59 Å². The molecule has 0 aliphatic carbocycles. The molecule has 0 unspecified atom stereocenters. The minimum absolute atomic E-state index is 0.254. The van der Waals surface area contributed by atoms with Crippen molar-refractivity contribution in [3.8, 4) is 0 Å². The number of hydrogen-bond acceptors (Lipinski definition) is 4. The maximum atomic E-state index is 13.1. The van der Waals surface area contributed by atoms with E-state index >= 15 is 0 Å². The summed E-state index contributed by atoms with van der Waals surface area (Å²) in [6, 6.07) is 24.9. The number of para-hydroxylation sites is 1. The Bertz CT molecular complexity index is 1460. The summed E-state index contributed by atoms with van der Waals surface area (Å²) in [5.41, 5.74) is 6.01. The molecule has 1 N–H and O–H groups in total. The Hall–Kier alpha value is -3.39. The molecule has 8 heteroatoms. The number of hydrogen-bond donors (Lipinski definition) is 1. The smallest absolute Gasteiger partial charge is 0.285 e. The molecule has 1 saturated heterocycles. The van der Waals surface area contributed by atoms with Crippen molar-refractivity contribution in [2.75, 3.05) is 0 Å². The summed E-state index contributed by atoms with van der Waals surface area (Å²) in [5, 5.41) is 2.43. The lowest BCUT2D eigenvalue weighted by Crippen LogP contribution is -2.44. The lowest BCUT2D eigenvalue weighted by atomic mass is 10.1. The number of carbonyl (C=O) groups is 2. The molecule has 0 bridgehead atoms. The zero-order valence-corrected chi connectivity index (χ0v) is 20.2. The molecule has 0 spiro atoms. The average Bonchev–Trinajstić information content (AvgIpc) is 3.32. The second-order valence-corrected chi connectivity index (χ2v) is 9.74. The number of benzene rings is 3. The highest BCUT2D eigenvalue weighted by Crippen LogP contribution is 2.34. The predicted octanol–water partition coefficient (Wildman–Crippen LogP) is 5.89. The predicted molar refractivity (Wildman–Crippen MR) is 141 cm³/mol. The number of amides is 2. The van der Waals surface area contributed by atoms with Crippen LogP contribution in [0.3, 0.4) is 0 Å². The number of rotatable bonds is 5. The van der Waals surface area contributed by atoms with Crippen molar-refractivity contribution in [3.05, 3.63) is 112 Å². The van der Waals surface area contributed by atoms with Gasteiger partial charge in [-0.15, -0.1) is 0 Å². The number of aromatic nitrogens is 1. The quantitative estimate of drug-likeness (QED) is 0.272. The highest BCUT2D eigenvalue weighted by atomic mass is 35.5. The number of hydrazine groups is 1. The van der Waals surface area contributed by atoms with Crippen LogP contribution in [0.1, 0.15) is 21.5 Å². The van der Waals surface area contributed by atoms with E-state index in [0.29, 0.717) is 16.5 Å². The Balaban J connectivity index is 1.43. The highest BCUT2D eigenvalue weighted by molar-refractivity contribution is 8.26. The van der Waals surface area contributed by atoms with Gasteiger partial charge in [0.15, 0.2) is 4.32 Å². The van der Waals surface area contributed by atoms with Crippen molar-refractivity contribution in [1.82, 2.24) is 15.0 Å². The van der Waals surface area contributed by atoms with Gasteiger partial charge in [0.25, 0.3) is 11.8 Å². The van der Waals surface area contributed by atoms with E-state index in [1.54, 1.807) is 24.3 Å². The van der Waals surface area contributed by atoms with Crippen LogP contribution in [-0.2, 0) is 11.3 Å². The summed E-state index contributed by atoms with van der Waals surface area (Å²) in [4.78, 5) is 26.2. The van der Waals surface area contributed by atoms with Crippen molar-refractivity contribution >= 4 is 68.7 Å². The van der Waals surface area contributed by atoms with Gasteiger partial charge in [0.05, 0.1) is 15.5 Å². The van der Waals surface area contributed by atoms with Gasteiger partial charge in [0.2, 0.25) is 0 Å². The first-order chi connectivity index (χ1) is 16.5. The van der Waals surface area contributed by atoms with Gasteiger partial charge < -0.3 is 4.57 Å². The standard InChI is InChI=1S/C26H18ClN3O2S2/c27-21-12-6-4-11-20(21)24(31)28-30-25(32)23(34-26(30)33)14-18-16-29(15-17-8-2-1-3-9-17)22-13-7-5-10-19(18)22/h1-14,16H,15H2,(H,28,31)/b23-14-. The molecule has 0 radical (unpaired) electrons. The Morgan fingerprint density at radius 2 is 1.71 bits per heavy atom. The first kappa shape index (κ1) is 22.4. The summed E-state index contributed by atoms with van der Waals surface area (Å²) in [7, 11) is 0. The summed E-state index contributed by atoms with van der Waals surface area (Å²) < 4.78 is 2.42. The maximum Gasteiger partial charge on any atom is 0.285 e. The summed E-state index contributed by atoms with van der Waals surface area (Å²) in [6.07, 6.45) is 3.86. The van der Waals surface area contributed by atoms with Gasteiger partial charge in [-0.25, -0.2) is 0 Å². The third kappa shape index (κ3) is 4.37. The van der Waals surface area contributed by atoms with Gasteiger partial charge >= 0.3 is 0 Å². The number of halogens is 1. The first-order valence-corrected chi connectivity index (χ1v) is 12.1. The van der Waals surface area contributed by atoms with Crippen LogP contribution in [0.15, 0.2) is 90.0 Å². The summed E-state index contributed by atoms with van der Waals surface area (Å²) >= 11 is 12.6. The van der Waals surface area contributed by atoms with E-state index in [-0.39, 0.29) is 15.8 Å². The van der Waals surface area contributed by atoms with Crippen LogP contribution in [0, 0.1) is 0 Å². The molecule has 4 aromatic rings. The fourth-order valence-corrected chi connectivity index (χ4v) is 5.21. The third-order valence-electron chi connectivity index (χ3n) is 5.43. The molecule has 168 valence electrons. The summed E-state index contributed by atoms with van der Waals surface area (Å²) in [6.45, 7) is 0.712. The largest absolute Gasteiger partial charge is 0.342 e. The van der Waals surface area contributed by atoms with E-state index < -0.39 is 5.91 Å². The number of nitrogens with zero attached hydrogens (tertiary/aromatic N) is 2. The fraction of sp³-hybridized carbons (Fsp3) is 0.0385. The Labute approximate surface area is 211 Å². The van der Waals surface area contributed by atoms with E-state index in [2.05, 4.69) is 28.2 Å². The fourth-order valence-electron chi connectivity index (χ4n) is 3.81. The van der Waals surface area contributed by atoms with Gasteiger partial charge in [-0.3, -0.25) is 15.0 Å². The maximum absolute atomic E-state index is 13.1. The topological polar surface area (TPSA) is 54.3 Å². The molecular weight excluding hydrogens is 486 g/mol. The SMILES string of the molecule is O=C(NN1C(=O)/C(=C/c2cn(Cc3ccccc3)c3ccccc23)SC1=S)c1ccccc1Cl. The van der Waals surface area contributed by atoms with Crippen LogP contribution in [0.4, 0.5) is 0 Å². The Kier molecular flexibility index (Phi) is 6.24. The highest BCUT2D eigenvalue weighted by Gasteiger charge is 2.34. The molecule has 34 heavy (non-hydrogen) atoms. The molecule has 3 aromatic carbocycles. The number of carbonyl (C=O) groups excluding carboxylic acids is 2. The van der Waals surface area contributed by atoms with E-state index in [4.69, 9.17) is 23.8 Å². The van der Waals surface area contributed by atoms with Crippen LogP contribution in [0.25, 0.3) is 17.0 Å². The van der Waals surface area contributed by atoms with Gasteiger partial charge in [-0.2, -0.15) is 5.01 Å². The van der Waals surface area contributed by atoms with Crippen LogP contribution >= 0.6 is 35.6 Å². The Morgan fingerprint density at radius 1 is 1.00 bits per heavy atom. The molecule has 0 atom stereocenters. The lowest BCUT2D eigenvalue weighted by molar-refractivity contribution is -0.123. The van der Waals surface area contributed by atoms with Crippen molar-refractivity contribution in [3.63, 3.8) is 0 Å².